The van der Waals surface area contributed by atoms with Crippen molar-refractivity contribution in [3.63, 3.8) is 0 Å². The molecule has 0 radical (unpaired) electrons. The van der Waals surface area contributed by atoms with Gasteiger partial charge in [0.25, 0.3) is 0 Å². The molecule has 0 spiro atoms. The monoisotopic (exact) mass is 397 g/mol. The van der Waals surface area contributed by atoms with Crippen LogP contribution in [0.15, 0.2) is 54.7 Å². The molecule has 0 aliphatic carbocycles. The first-order chi connectivity index (χ1) is 13.6. The van der Waals surface area contributed by atoms with Gasteiger partial charge in [0, 0.05) is 43.1 Å². The first-order valence-electron chi connectivity index (χ1n) is 9.21. The largest absolute Gasteiger partial charge is 0.366 e. The quantitative estimate of drug-likeness (QED) is 0.694. The summed E-state index contributed by atoms with van der Waals surface area (Å²) in [5.74, 6) is 1.19. The molecule has 0 atom stereocenters. The van der Waals surface area contributed by atoms with E-state index in [9.17, 15) is 4.39 Å². The van der Waals surface area contributed by atoms with Gasteiger partial charge < -0.3 is 15.1 Å². The number of aryl methyl sites for hydroxylation is 1. The molecule has 144 valence electrons. The molecule has 3 aromatic rings. The van der Waals surface area contributed by atoms with Crippen molar-refractivity contribution in [2.75, 3.05) is 41.3 Å². The summed E-state index contributed by atoms with van der Waals surface area (Å²) in [7, 11) is 0. The normalized spacial score (nSPS) is 14.2. The second-order valence-electron chi connectivity index (χ2n) is 6.76. The Kier molecular flexibility index (Phi) is 5.30. The van der Waals surface area contributed by atoms with E-state index in [1.807, 2.05) is 43.3 Å². The average molecular weight is 398 g/mol. The molecular formula is C21H21ClFN5. The zero-order valence-electron chi connectivity index (χ0n) is 15.6. The minimum Gasteiger partial charge on any atom is -0.366 e. The van der Waals surface area contributed by atoms with Crippen molar-refractivity contribution < 1.29 is 4.39 Å². The molecule has 0 amide bonds. The number of rotatable bonds is 4. The molecule has 0 bridgehead atoms. The zero-order chi connectivity index (χ0) is 19.5. The Morgan fingerprint density at radius 3 is 2.50 bits per heavy atom. The lowest BCUT2D eigenvalue weighted by Crippen LogP contribution is -2.47. The maximum Gasteiger partial charge on any atom is 0.227 e. The summed E-state index contributed by atoms with van der Waals surface area (Å²) in [5.41, 5.74) is 2.56. The molecule has 1 N–H and O–H groups in total. The number of aromatic nitrogens is 2. The molecule has 2 heterocycles. The Morgan fingerprint density at radius 1 is 1.00 bits per heavy atom. The highest BCUT2D eigenvalue weighted by molar-refractivity contribution is 6.31. The van der Waals surface area contributed by atoms with Gasteiger partial charge in [-0.15, -0.1) is 0 Å². The predicted octanol–water partition coefficient (Wildman–Crippen LogP) is 4.65. The summed E-state index contributed by atoms with van der Waals surface area (Å²) in [6, 6.07) is 14.5. The molecule has 0 saturated carbocycles. The third-order valence-electron chi connectivity index (χ3n) is 4.84. The average Bonchev–Trinajstić information content (AvgIpc) is 2.72. The van der Waals surface area contributed by atoms with Crippen LogP contribution in [0.5, 0.6) is 0 Å². The minimum atomic E-state index is -0.185. The number of halogens is 2. The topological polar surface area (TPSA) is 44.3 Å². The molecule has 2 aromatic carbocycles. The van der Waals surface area contributed by atoms with Crippen molar-refractivity contribution in [2.24, 2.45) is 0 Å². The zero-order valence-corrected chi connectivity index (χ0v) is 16.3. The molecule has 0 unspecified atom stereocenters. The van der Waals surface area contributed by atoms with Gasteiger partial charge in [0.15, 0.2) is 0 Å². The summed E-state index contributed by atoms with van der Waals surface area (Å²) in [6.07, 6.45) is 1.74. The van der Waals surface area contributed by atoms with E-state index in [0.717, 1.165) is 37.4 Å². The Bertz CT molecular complexity index is 973. The van der Waals surface area contributed by atoms with E-state index in [0.29, 0.717) is 22.5 Å². The molecule has 4 rings (SSSR count). The number of nitrogens with zero attached hydrogens (tertiary/aromatic N) is 4. The van der Waals surface area contributed by atoms with Crippen LogP contribution in [0.3, 0.4) is 0 Å². The number of hydrogen-bond acceptors (Lipinski definition) is 5. The van der Waals surface area contributed by atoms with E-state index in [2.05, 4.69) is 25.1 Å². The maximum atomic E-state index is 14.0. The first-order valence-corrected chi connectivity index (χ1v) is 9.58. The molecule has 1 saturated heterocycles. The van der Waals surface area contributed by atoms with Gasteiger partial charge in [0.2, 0.25) is 5.95 Å². The molecule has 1 aliphatic rings. The molecule has 5 nitrogen and oxygen atoms in total. The van der Waals surface area contributed by atoms with Crippen LogP contribution in [-0.4, -0.2) is 36.1 Å². The summed E-state index contributed by atoms with van der Waals surface area (Å²) in [5, 5.41) is 3.98. The van der Waals surface area contributed by atoms with Crippen molar-refractivity contribution in [2.45, 2.75) is 6.92 Å². The maximum absolute atomic E-state index is 14.0. The second kappa shape index (κ2) is 8.02. The fraction of sp³-hybridized carbons (Fsp3) is 0.238. The number of nitrogens with one attached hydrogen (secondary N) is 1. The van der Waals surface area contributed by atoms with Crippen LogP contribution in [0.2, 0.25) is 5.02 Å². The van der Waals surface area contributed by atoms with Crippen LogP contribution in [0, 0.1) is 12.7 Å². The Hall–Kier alpha value is -2.86. The fourth-order valence-electron chi connectivity index (χ4n) is 3.24. The Morgan fingerprint density at radius 2 is 1.75 bits per heavy atom. The van der Waals surface area contributed by atoms with Crippen LogP contribution in [0.1, 0.15) is 5.56 Å². The van der Waals surface area contributed by atoms with Gasteiger partial charge in [-0.2, -0.15) is 4.98 Å². The number of hydrogen-bond donors (Lipinski definition) is 1. The van der Waals surface area contributed by atoms with Crippen LogP contribution in [0.25, 0.3) is 0 Å². The number of anilines is 4. The van der Waals surface area contributed by atoms with Gasteiger partial charge in [-0.1, -0.05) is 29.8 Å². The minimum absolute atomic E-state index is 0.185. The van der Waals surface area contributed by atoms with Gasteiger partial charge in [-0.05, 0) is 42.8 Å². The molecule has 7 heteroatoms. The number of piperazine rings is 1. The summed E-state index contributed by atoms with van der Waals surface area (Å²) in [6.45, 7) is 4.86. The summed E-state index contributed by atoms with van der Waals surface area (Å²) < 4.78 is 14.0. The van der Waals surface area contributed by atoms with Crippen LogP contribution in [-0.2, 0) is 0 Å². The molecule has 1 fully saturated rings. The Labute approximate surface area is 168 Å². The van der Waals surface area contributed by atoms with E-state index >= 15 is 0 Å². The standard InChI is InChI=1S/C21H21ClFN5/c1-15-6-7-16(14-17(15)22)25-20-8-9-24-21(26-20)28-12-10-27(11-13-28)19-5-3-2-4-18(19)23/h2-9,14H,10-13H2,1H3,(H,24,25,26). The lowest BCUT2D eigenvalue weighted by Gasteiger charge is -2.36. The molecule has 1 aromatic heterocycles. The van der Waals surface area contributed by atoms with E-state index in [1.54, 1.807) is 12.3 Å². The van der Waals surface area contributed by atoms with Gasteiger partial charge in [-0.3, -0.25) is 0 Å². The van der Waals surface area contributed by atoms with E-state index < -0.39 is 0 Å². The van der Waals surface area contributed by atoms with Crippen molar-refractivity contribution in [1.82, 2.24) is 9.97 Å². The van der Waals surface area contributed by atoms with Crippen LogP contribution < -0.4 is 15.1 Å². The van der Waals surface area contributed by atoms with Crippen molar-refractivity contribution in [1.29, 1.82) is 0 Å². The van der Waals surface area contributed by atoms with E-state index in [1.165, 1.54) is 6.07 Å². The SMILES string of the molecule is Cc1ccc(Nc2ccnc(N3CCN(c4ccccc4F)CC3)n2)cc1Cl. The van der Waals surface area contributed by atoms with Crippen LogP contribution >= 0.6 is 11.6 Å². The van der Waals surface area contributed by atoms with E-state index in [-0.39, 0.29) is 5.82 Å². The van der Waals surface area contributed by atoms with Crippen LogP contribution in [0.4, 0.5) is 27.5 Å². The Balaban J connectivity index is 1.44. The highest BCUT2D eigenvalue weighted by Crippen LogP contribution is 2.24. The molecule has 28 heavy (non-hydrogen) atoms. The highest BCUT2D eigenvalue weighted by atomic mass is 35.5. The smallest absolute Gasteiger partial charge is 0.227 e. The lowest BCUT2D eigenvalue weighted by atomic mass is 10.2. The van der Waals surface area contributed by atoms with Gasteiger partial charge in [0.05, 0.1) is 5.69 Å². The van der Waals surface area contributed by atoms with Crippen molar-refractivity contribution in [3.8, 4) is 0 Å². The third-order valence-corrected chi connectivity index (χ3v) is 5.25. The fourth-order valence-corrected chi connectivity index (χ4v) is 3.42. The van der Waals surface area contributed by atoms with Crippen molar-refractivity contribution >= 4 is 34.7 Å². The van der Waals surface area contributed by atoms with Crippen molar-refractivity contribution in [3.05, 3.63) is 71.1 Å². The molecule has 1 aliphatic heterocycles. The third kappa shape index (κ3) is 4.02. The number of benzene rings is 2. The first kappa shape index (κ1) is 18.5. The highest BCUT2D eigenvalue weighted by Gasteiger charge is 2.21. The molecular weight excluding hydrogens is 377 g/mol. The predicted molar refractivity (Wildman–Crippen MR) is 112 cm³/mol. The van der Waals surface area contributed by atoms with Gasteiger partial charge in [0.1, 0.15) is 11.6 Å². The number of para-hydroxylation sites is 1. The van der Waals surface area contributed by atoms with E-state index in [4.69, 9.17) is 11.6 Å². The summed E-state index contributed by atoms with van der Waals surface area (Å²) >= 11 is 6.20. The summed E-state index contributed by atoms with van der Waals surface area (Å²) in [4.78, 5) is 13.2. The lowest BCUT2D eigenvalue weighted by molar-refractivity contribution is 0.594. The van der Waals surface area contributed by atoms with Gasteiger partial charge >= 0.3 is 0 Å². The van der Waals surface area contributed by atoms with Gasteiger partial charge in [-0.25, -0.2) is 9.37 Å². The second-order valence-corrected chi connectivity index (χ2v) is 7.16.